The summed E-state index contributed by atoms with van der Waals surface area (Å²) >= 11 is 0. The highest BCUT2D eigenvalue weighted by molar-refractivity contribution is 5.86. The summed E-state index contributed by atoms with van der Waals surface area (Å²) in [4.78, 5) is 4.35. The summed E-state index contributed by atoms with van der Waals surface area (Å²) in [5.74, 6) is 1.36. The maximum absolute atomic E-state index is 5.78. The molecular formula is C12H14N2O. The van der Waals surface area contributed by atoms with Gasteiger partial charge in [0.05, 0.1) is 6.61 Å². The Balaban J connectivity index is 2.68. The number of hydrogen-bond acceptors (Lipinski definition) is 3. The van der Waals surface area contributed by atoms with Crippen molar-refractivity contribution in [3.63, 3.8) is 0 Å². The molecule has 0 aliphatic rings. The second-order valence-corrected chi connectivity index (χ2v) is 3.45. The molecule has 0 fully saturated rings. The first kappa shape index (κ1) is 9.77. The van der Waals surface area contributed by atoms with E-state index >= 15 is 0 Å². The molecule has 15 heavy (non-hydrogen) atoms. The van der Waals surface area contributed by atoms with Gasteiger partial charge in [0.1, 0.15) is 17.1 Å². The first-order chi connectivity index (χ1) is 7.22. The zero-order valence-corrected chi connectivity index (χ0v) is 8.95. The summed E-state index contributed by atoms with van der Waals surface area (Å²) in [6, 6.07) is 7.91. The molecular weight excluding hydrogens is 188 g/mol. The Bertz CT molecular complexity index is 494. The Morgan fingerprint density at radius 1 is 1.40 bits per heavy atom. The lowest BCUT2D eigenvalue weighted by Gasteiger charge is -2.08. The Morgan fingerprint density at radius 3 is 2.93 bits per heavy atom. The minimum Gasteiger partial charge on any atom is -0.492 e. The summed E-state index contributed by atoms with van der Waals surface area (Å²) in [6.45, 7) is 4.54. The van der Waals surface area contributed by atoms with Crippen molar-refractivity contribution in [1.82, 2.24) is 4.98 Å². The Kier molecular flexibility index (Phi) is 2.46. The van der Waals surface area contributed by atoms with Crippen LogP contribution in [0.25, 0.3) is 10.9 Å². The highest BCUT2D eigenvalue weighted by atomic mass is 16.5. The fraction of sp³-hybridized carbons (Fsp3) is 0.250. The smallest absolute Gasteiger partial charge is 0.145 e. The van der Waals surface area contributed by atoms with Crippen molar-refractivity contribution >= 4 is 16.7 Å². The number of nitrogens with zero attached hydrogens (tertiary/aromatic N) is 1. The molecule has 0 saturated heterocycles. The number of aromatic nitrogens is 1. The molecule has 2 N–H and O–H groups in total. The van der Waals surface area contributed by atoms with Gasteiger partial charge in [0, 0.05) is 5.39 Å². The van der Waals surface area contributed by atoms with Crippen molar-refractivity contribution in [3.8, 4) is 5.75 Å². The van der Waals surface area contributed by atoms with Gasteiger partial charge >= 0.3 is 0 Å². The number of para-hydroxylation sites is 1. The molecule has 0 amide bonds. The van der Waals surface area contributed by atoms with E-state index < -0.39 is 0 Å². The predicted molar refractivity (Wildman–Crippen MR) is 62.1 cm³/mol. The quantitative estimate of drug-likeness (QED) is 0.814. The van der Waals surface area contributed by atoms with Gasteiger partial charge in [0.2, 0.25) is 0 Å². The molecule has 1 aromatic heterocycles. The first-order valence-electron chi connectivity index (χ1n) is 5.01. The van der Waals surface area contributed by atoms with Crippen LogP contribution >= 0.6 is 0 Å². The van der Waals surface area contributed by atoms with Crippen molar-refractivity contribution in [1.29, 1.82) is 0 Å². The van der Waals surface area contributed by atoms with E-state index in [-0.39, 0.29) is 0 Å². The van der Waals surface area contributed by atoms with Crippen molar-refractivity contribution in [2.24, 2.45) is 0 Å². The van der Waals surface area contributed by atoms with Crippen LogP contribution in [-0.2, 0) is 0 Å². The highest BCUT2D eigenvalue weighted by Crippen LogP contribution is 2.26. The monoisotopic (exact) mass is 202 g/mol. The van der Waals surface area contributed by atoms with E-state index in [1.807, 2.05) is 38.1 Å². The van der Waals surface area contributed by atoms with Gasteiger partial charge in [-0.2, -0.15) is 0 Å². The van der Waals surface area contributed by atoms with Gasteiger partial charge < -0.3 is 10.5 Å². The van der Waals surface area contributed by atoms with Crippen LogP contribution in [0.5, 0.6) is 5.75 Å². The van der Waals surface area contributed by atoms with Crippen LogP contribution in [0, 0.1) is 6.92 Å². The van der Waals surface area contributed by atoms with Crippen molar-refractivity contribution in [3.05, 3.63) is 29.8 Å². The molecule has 0 radical (unpaired) electrons. The van der Waals surface area contributed by atoms with Crippen LogP contribution in [0.1, 0.15) is 12.5 Å². The highest BCUT2D eigenvalue weighted by Gasteiger charge is 2.05. The fourth-order valence-corrected chi connectivity index (χ4v) is 1.56. The molecule has 2 aromatic rings. The molecule has 0 saturated carbocycles. The van der Waals surface area contributed by atoms with E-state index in [1.54, 1.807) is 0 Å². The third-order valence-electron chi connectivity index (χ3n) is 2.34. The minimum atomic E-state index is 0.564. The molecule has 78 valence electrons. The molecule has 0 atom stereocenters. The fourth-order valence-electron chi connectivity index (χ4n) is 1.56. The van der Waals surface area contributed by atoms with Crippen LogP contribution in [0.2, 0.25) is 0 Å². The van der Waals surface area contributed by atoms with Gasteiger partial charge in [-0.3, -0.25) is 0 Å². The van der Waals surface area contributed by atoms with Crippen LogP contribution in [0.15, 0.2) is 24.3 Å². The molecule has 0 spiro atoms. The lowest BCUT2D eigenvalue weighted by Crippen LogP contribution is -1.98. The van der Waals surface area contributed by atoms with E-state index in [2.05, 4.69) is 4.98 Å². The first-order valence-corrected chi connectivity index (χ1v) is 5.01. The van der Waals surface area contributed by atoms with Gasteiger partial charge in [-0.15, -0.1) is 0 Å². The molecule has 1 heterocycles. The summed E-state index contributed by atoms with van der Waals surface area (Å²) in [5.41, 5.74) is 7.62. The minimum absolute atomic E-state index is 0.564. The van der Waals surface area contributed by atoms with Crippen LogP contribution in [-0.4, -0.2) is 11.6 Å². The molecule has 0 aliphatic heterocycles. The number of rotatable bonds is 2. The third kappa shape index (κ3) is 1.73. The van der Waals surface area contributed by atoms with Crippen molar-refractivity contribution in [2.45, 2.75) is 13.8 Å². The standard InChI is InChI=1S/C12H14N2O/c1-3-15-10-6-4-5-9-7-8(2)12(13)14-11(9)10/h4-7H,3H2,1-2H3,(H2,13,14). The maximum Gasteiger partial charge on any atom is 0.145 e. The summed E-state index contributed by atoms with van der Waals surface area (Å²) in [7, 11) is 0. The van der Waals surface area contributed by atoms with E-state index in [0.29, 0.717) is 12.4 Å². The molecule has 3 nitrogen and oxygen atoms in total. The maximum atomic E-state index is 5.78. The number of hydrogen-bond donors (Lipinski definition) is 1. The van der Waals surface area contributed by atoms with Gasteiger partial charge in [-0.05, 0) is 31.5 Å². The number of nitrogens with two attached hydrogens (primary N) is 1. The van der Waals surface area contributed by atoms with Crippen molar-refractivity contribution in [2.75, 3.05) is 12.3 Å². The molecule has 0 aliphatic carbocycles. The number of anilines is 1. The van der Waals surface area contributed by atoms with E-state index in [4.69, 9.17) is 10.5 Å². The Hall–Kier alpha value is -1.77. The number of nitrogen functional groups attached to an aromatic ring is 1. The van der Waals surface area contributed by atoms with Gasteiger partial charge in [-0.1, -0.05) is 12.1 Å². The number of ether oxygens (including phenoxy) is 1. The van der Waals surface area contributed by atoms with Crippen LogP contribution < -0.4 is 10.5 Å². The zero-order chi connectivity index (χ0) is 10.8. The number of fused-ring (bicyclic) bond motifs is 1. The second-order valence-electron chi connectivity index (χ2n) is 3.45. The lowest BCUT2D eigenvalue weighted by atomic mass is 10.1. The molecule has 1 aromatic carbocycles. The predicted octanol–water partition coefficient (Wildman–Crippen LogP) is 2.52. The largest absolute Gasteiger partial charge is 0.492 e. The number of aryl methyl sites for hydroxylation is 1. The van der Waals surface area contributed by atoms with E-state index in [0.717, 1.165) is 22.2 Å². The van der Waals surface area contributed by atoms with Crippen LogP contribution in [0.3, 0.4) is 0 Å². The molecule has 0 unspecified atom stereocenters. The summed E-state index contributed by atoms with van der Waals surface area (Å²) in [5, 5.41) is 1.06. The van der Waals surface area contributed by atoms with Gasteiger partial charge in [0.15, 0.2) is 0 Å². The zero-order valence-electron chi connectivity index (χ0n) is 8.95. The number of pyridine rings is 1. The summed E-state index contributed by atoms with van der Waals surface area (Å²) in [6.07, 6.45) is 0. The van der Waals surface area contributed by atoms with E-state index in [1.165, 1.54) is 0 Å². The summed E-state index contributed by atoms with van der Waals surface area (Å²) < 4.78 is 5.50. The molecule has 2 rings (SSSR count). The Labute approximate surface area is 88.9 Å². The average molecular weight is 202 g/mol. The van der Waals surface area contributed by atoms with Crippen LogP contribution in [0.4, 0.5) is 5.82 Å². The normalized spacial score (nSPS) is 10.5. The Morgan fingerprint density at radius 2 is 2.20 bits per heavy atom. The van der Waals surface area contributed by atoms with Crippen molar-refractivity contribution < 1.29 is 4.74 Å². The van der Waals surface area contributed by atoms with Gasteiger partial charge in [-0.25, -0.2) is 4.98 Å². The molecule has 0 bridgehead atoms. The van der Waals surface area contributed by atoms with E-state index in [9.17, 15) is 0 Å². The average Bonchev–Trinajstić information content (AvgIpc) is 2.21. The number of benzene rings is 1. The SMILES string of the molecule is CCOc1cccc2cc(C)c(N)nc12. The topological polar surface area (TPSA) is 48.1 Å². The lowest BCUT2D eigenvalue weighted by molar-refractivity contribution is 0.343. The second kappa shape index (κ2) is 3.77. The van der Waals surface area contributed by atoms with Gasteiger partial charge in [0.25, 0.3) is 0 Å². The third-order valence-corrected chi connectivity index (χ3v) is 2.34. The molecule has 3 heteroatoms.